The highest BCUT2D eigenvalue weighted by atomic mass is 35.5. The molecule has 1 saturated carbocycles. The van der Waals surface area contributed by atoms with E-state index in [1.54, 1.807) is 18.2 Å². The van der Waals surface area contributed by atoms with E-state index in [0.717, 1.165) is 12.8 Å². The molecular formula is C17H28Cl2N4O3S. The van der Waals surface area contributed by atoms with Gasteiger partial charge < -0.3 is 16.0 Å². The van der Waals surface area contributed by atoms with E-state index in [1.165, 1.54) is 10.4 Å². The van der Waals surface area contributed by atoms with Gasteiger partial charge in [0.05, 0.1) is 10.4 Å². The summed E-state index contributed by atoms with van der Waals surface area (Å²) in [4.78, 5) is 14.7. The number of nitrogens with zero attached hydrogens (tertiary/aromatic N) is 2. The molecule has 1 aliphatic heterocycles. The zero-order chi connectivity index (χ0) is 18.1. The molecule has 27 heavy (non-hydrogen) atoms. The molecule has 154 valence electrons. The monoisotopic (exact) mass is 438 g/mol. The Hall–Kier alpha value is -0.900. The Morgan fingerprint density at radius 2 is 1.70 bits per heavy atom. The third-order valence-corrected chi connectivity index (χ3v) is 7.03. The number of benzene rings is 1. The van der Waals surface area contributed by atoms with Gasteiger partial charge in [-0.15, -0.1) is 24.8 Å². The van der Waals surface area contributed by atoms with Crippen molar-refractivity contribution in [2.75, 3.05) is 38.5 Å². The number of anilines is 1. The van der Waals surface area contributed by atoms with Crippen LogP contribution in [0.1, 0.15) is 25.7 Å². The number of hydrogen-bond acceptors (Lipinski definition) is 5. The number of likely N-dealkylation sites (N-methyl/N-ethyl adjacent to an activating group) is 1. The van der Waals surface area contributed by atoms with Gasteiger partial charge in [0.1, 0.15) is 0 Å². The normalized spacial score (nSPS) is 20.4. The highest BCUT2D eigenvalue weighted by molar-refractivity contribution is 7.89. The first kappa shape index (κ1) is 24.1. The van der Waals surface area contributed by atoms with Gasteiger partial charge in [0, 0.05) is 31.9 Å². The molecule has 0 unspecified atom stereocenters. The minimum atomic E-state index is -3.55. The topological polar surface area (TPSA) is 95.7 Å². The molecule has 0 radical (unpaired) electrons. The van der Waals surface area contributed by atoms with Crippen LogP contribution in [0.5, 0.6) is 0 Å². The molecule has 1 aromatic rings. The van der Waals surface area contributed by atoms with Crippen LogP contribution in [0.3, 0.4) is 0 Å². The first-order valence-electron chi connectivity index (χ1n) is 8.70. The summed E-state index contributed by atoms with van der Waals surface area (Å²) in [7, 11) is -1.58. The lowest BCUT2D eigenvalue weighted by Gasteiger charge is -2.31. The molecule has 3 rings (SSSR count). The van der Waals surface area contributed by atoms with Crippen LogP contribution in [0.2, 0.25) is 0 Å². The van der Waals surface area contributed by atoms with Crippen LogP contribution in [0.15, 0.2) is 29.2 Å². The van der Waals surface area contributed by atoms with E-state index < -0.39 is 15.6 Å². The van der Waals surface area contributed by atoms with Crippen molar-refractivity contribution < 1.29 is 13.2 Å². The predicted molar refractivity (Wildman–Crippen MR) is 111 cm³/mol. The standard InChI is InChI=1S/C17H26N4O3S.2ClH/c1-20-9-11-21(12-10-20)25(23,24)15-6-4-5-14(13-15)19-16(22)17(18)7-2-3-8-17;;/h4-6,13H,2-3,7-12,18H2,1H3,(H,19,22);2*1H. The van der Waals surface area contributed by atoms with E-state index >= 15 is 0 Å². The molecule has 0 aromatic heterocycles. The Balaban J connectivity index is 0.00000182. The fraction of sp³-hybridized carbons (Fsp3) is 0.588. The lowest BCUT2D eigenvalue weighted by atomic mass is 9.98. The van der Waals surface area contributed by atoms with Crippen LogP contribution in [-0.4, -0.2) is 62.3 Å². The van der Waals surface area contributed by atoms with E-state index in [9.17, 15) is 13.2 Å². The molecule has 0 atom stereocenters. The summed E-state index contributed by atoms with van der Waals surface area (Å²) in [6.45, 7) is 2.37. The molecule has 3 N–H and O–H groups in total. The molecule has 1 saturated heterocycles. The Labute approximate surface area is 173 Å². The third kappa shape index (κ3) is 5.34. The van der Waals surface area contributed by atoms with Crippen LogP contribution < -0.4 is 11.1 Å². The van der Waals surface area contributed by atoms with Gasteiger partial charge >= 0.3 is 0 Å². The second kappa shape index (κ2) is 9.54. The van der Waals surface area contributed by atoms with Crippen LogP contribution in [0.25, 0.3) is 0 Å². The molecule has 1 amide bonds. The highest BCUT2D eigenvalue weighted by Gasteiger charge is 2.37. The number of sulfonamides is 1. The molecule has 0 bridgehead atoms. The molecule has 1 aromatic carbocycles. The average Bonchev–Trinajstić information content (AvgIpc) is 3.04. The fourth-order valence-electron chi connectivity index (χ4n) is 3.40. The number of carbonyl (C=O) groups excluding carboxylic acids is 1. The Kier molecular flexibility index (Phi) is 8.53. The van der Waals surface area contributed by atoms with Gasteiger partial charge in [-0.2, -0.15) is 4.31 Å². The van der Waals surface area contributed by atoms with E-state index in [4.69, 9.17) is 5.73 Å². The van der Waals surface area contributed by atoms with Gasteiger partial charge in [-0.05, 0) is 38.1 Å². The first-order chi connectivity index (χ1) is 11.8. The Morgan fingerprint density at radius 3 is 2.30 bits per heavy atom. The Bertz CT molecular complexity index is 746. The van der Waals surface area contributed by atoms with Crippen molar-refractivity contribution in [3.8, 4) is 0 Å². The van der Waals surface area contributed by atoms with Crippen molar-refractivity contribution in [3.05, 3.63) is 24.3 Å². The van der Waals surface area contributed by atoms with Crippen molar-refractivity contribution in [2.45, 2.75) is 36.1 Å². The molecular weight excluding hydrogens is 411 g/mol. The molecule has 7 nitrogen and oxygen atoms in total. The van der Waals surface area contributed by atoms with Crippen LogP contribution in [0.4, 0.5) is 5.69 Å². The maximum atomic E-state index is 12.8. The maximum Gasteiger partial charge on any atom is 0.244 e. The lowest BCUT2D eigenvalue weighted by Crippen LogP contribution is -2.48. The fourth-order valence-corrected chi connectivity index (χ4v) is 4.87. The third-order valence-electron chi connectivity index (χ3n) is 5.14. The largest absolute Gasteiger partial charge is 0.324 e. The van der Waals surface area contributed by atoms with Crippen LogP contribution in [-0.2, 0) is 14.8 Å². The zero-order valence-electron chi connectivity index (χ0n) is 15.4. The number of nitrogens with one attached hydrogen (secondary N) is 1. The number of amides is 1. The molecule has 1 heterocycles. The summed E-state index contributed by atoms with van der Waals surface area (Å²) in [6.07, 6.45) is 3.22. The first-order valence-corrected chi connectivity index (χ1v) is 10.1. The molecule has 0 spiro atoms. The Morgan fingerprint density at radius 1 is 1.11 bits per heavy atom. The van der Waals surface area contributed by atoms with Crippen molar-refractivity contribution in [1.82, 2.24) is 9.21 Å². The van der Waals surface area contributed by atoms with Gasteiger partial charge in [-0.25, -0.2) is 8.42 Å². The van der Waals surface area contributed by atoms with E-state index in [-0.39, 0.29) is 35.6 Å². The van der Waals surface area contributed by atoms with Crippen molar-refractivity contribution >= 4 is 46.4 Å². The summed E-state index contributed by atoms with van der Waals surface area (Å²) in [5, 5.41) is 2.79. The van der Waals surface area contributed by atoms with Gasteiger partial charge in [0.25, 0.3) is 0 Å². The van der Waals surface area contributed by atoms with Crippen molar-refractivity contribution in [1.29, 1.82) is 0 Å². The molecule has 2 fully saturated rings. The van der Waals surface area contributed by atoms with Crippen molar-refractivity contribution in [3.63, 3.8) is 0 Å². The quantitative estimate of drug-likeness (QED) is 0.744. The zero-order valence-corrected chi connectivity index (χ0v) is 17.8. The van der Waals surface area contributed by atoms with E-state index in [1.807, 2.05) is 7.05 Å². The van der Waals surface area contributed by atoms with Crippen LogP contribution >= 0.6 is 24.8 Å². The summed E-state index contributed by atoms with van der Waals surface area (Å²) < 4.78 is 27.1. The molecule has 2 aliphatic rings. The second-order valence-electron chi connectivity index (χ2n) is 7.05. The minimum absolute atomic E-state index is 0. The van der Waals surface area contributed by atoms with E-state index in [0.29, 0.717) is 44.7 Å². The smallest absolute Gasteiger partial charge is 0.244 e. The molecule has 1 aliphatic carbocycles. The number of carbonyl (C=O) groups is 1. The SMILES string of the molecule is CN1CCN(S(=O)(=O)c2cccc(NC(=O)C3(N)CCCC3)c2)CC1.Cl.Cl. The number of rotatable bonds is 4. The summed E-state index contributed by atoms with van der Waals surface area (Å²) in [5.74, 6) is -0.237. The minimum Gasteiger partial charge on any atom is -0.324 e. The van der Waals surface area contributed by atoms with Gasteiger partial charge in [0.2, 0.25) is 15.9 Å². The van der Waals surface area contributed by atoms with Gasteiger partial charge in [-0.3, -0.25) is 4.79 Å². The number of hydrogen-bond donors (Lipinski definition) is 2. The lowest BCUT2D eigenvalue weighted by molar-refractivity contribution is -0.121. The highest BCUT2D eigenvalue weighted by Crippen LogP contribution is 2.29. The predicted octanol–water partition coefficient (Wildman–Crippen LogP) is 1.68. The second-order valence-corrected chi connectivity index (χ2v) is 8.99. The van der Waals surface area contributed by atoms with Gasteiger partial charge in [0.15, 0.2) is 0 Å². The number of halogens is 2. The van der Waals surface area contributed by atoms with Crippen LogP contribution in [0, 0.1) is 0 Å². The molecule has 10 heteroatoms. The maximum absolute atomic E-state index is 12.8. The van der Waals surface area contributed by atoms with E-state index in [2.05, 4.69) is 10.2 Å². The number of nitrogens with two attached hydrogens (primary N) is 1. The summed E-state index contributed by atoms with van der Waals surface area (Å²) in [5.41, 5.74) is 5.79. The van der Waals surface area contributed by atoms with Gasteiger partial charge in [-0.1, -0.05) is 18.9 Å². The summed E-state index contributed by atoms with van der Waals surface area (Å²) in [6, 6.07) is 6.43. The summed E-state index contributed by atoms with van der Waals surface area (Å²) >= 11 is 0. The average molecular weight is 439 g/mol. The number of piperazine rings is 1. The van der Waals surface area contributed by atoms with Crippen molar-refractivity contribution in [2.24, 2.45) is 5.73 Å².